The molecule has 92 valence electrons. The Balaban J connectivity index is 2.07. The van der Waals surface area contributed by atoms with Crippen LogP contribution in [0.15, 0.2) is 21.9 Å². The lowest BCUT2D eigenvalue weighted by atomic mass is 9.97. The van der Waals surface area contributed by atoms with Gasteiger partial charge in [-0.15, -0.1) is 0 Å². The van der Waals surface area contributed by atoms with Crippen LogP contribution in [0.25, 0.3) is 0 Å². The fourth-order valence-electron chi connectivity index (χ4n) is 2.09. The van der Waals surface area contributed by atoms with Gasteiger partial charge in [-0.05, 0) is 13.0 Å². The van der Waals surface area contributed by atoms with E-state index in [-0.39, 0.29) is 11.8 Å². The number of carbonyl (C=O) groups excluding carboxylic acids is 1. The Hall–Kier alpha value is -1.78. The molecule has 1 N–H and O–H groups in total. The molecule has 17 heavy (non-hydrogen) atoms. The first-order valence-corrected chi connectivity index (χ1v) is 5.67. The zero-order valence-electron chi connectivity index (χ0n) is 10.0. The van der Waals surface area contributed by atoms with Crippen molar-refractivity contribution >= 4 is 11.6 Å². The summed E-state index contributed by atoms with van der Waals surface area (Å²) in [6.45, 7) is 4.94. The molecule has 1 aliphatic heterocycles. The van der Waals surface area contributed by atoms with Crippen molar-refractivity contribution in [2.75, 3.05) is 13.1 Å². The van der Waals surface area contributed by atoms with E-state index in [0.717, 1.165) is 11.5 Å². The molecule has 1 saturated heterocycles. The van der Waals surface area contributed by atoms with Crippen molar-refractivity contribution in [3.8, 4) is 0 Å². The van der Waals surface area contributed by atoms with E-state index in [1.54, 1.807) is 11.0 Å². The van der Waals surface area contributed by atoms with Gasteiger partial charge in [0.2, 0.25) is 0 Å². The van der Waals surface area contributed by atoms with Crippen LogP contribution >= 0.6 is 0 Å². The lowest BCUT2D eigenvalue weighted by Gasteiger charge is -2.31. The topological polar surface area (TPSA) is 66.0 Å². The van der Waals surface area contributed by atoms with Crippen molar-refractivity contribution in [3.63, 3.8) is 0 Å². The number of hydrogen-bond acceptors (Lipinski definition) is 4. The van der Waals surface area contributed by atoms with Gasteiger partial charge in [0.25, 0.3) is 5.91 Å². The van der Waals surface area contributed by atoms with Gasteiger partial charge in [-0.3, -0.25) is 4.79 Å². The molecule has 0 radical (unpaired) electrons. The van der Waals surface area contributed by atoms with E-state index in [1.165, 1.54) is 6.26 Å². The highest BCUT2D eigenvalue weighted by molar-refractivity contribution is 5.96. The largest absolute Gasteiger partial charge is 0.469 e. The summed E-state index contributed by atoms with van der Waals surface area (Å²) in [5, 5.41) is 12.0. The molecule has 0 aliphatic carbocycles. The number of likely N-dealkylation sites (tertiary alicyclic amines) is 1. The molecular weight excluding hydrogens is 220 g/mol. The zero-order valence-corrected chi connectivity index (χ0v) is 10.0. The molecule has 2 rings (SSSR count). The number of carbonyl (C=O) groups is 1. The highest BCUT2D eigenvalue weighted by Crippen LogP contribution is 2.17. The summed E-state index contributed by atoms with van der Waals surface area (Å²) in [6.07, 6.45) is 2.11. The summed E-state index contributed by atoms with van der Waals surface area (Å²) >= 11 is 0. The Morgan fingerprint density at radius 3 is 2.94 bits per heavy atom. The molecule has 0 aromatic carbocycles. The van der Waals surface area contributed by atoms with Crippen LogP contribution in [0.1, 0.15) is 29.5 Å². The molecular formula is C12H16N2O3. The number of aryl methyl sites for hydroxylation is 1. The molecule has 0 saturated carbocycles. The molecule has 0 spiro atoms. The second-order valence-electron chi connectivity index (χ2n) is 4.44. The van der Waals surface area contributed by atoms with Gasteiger partial charge in [-0.1, -0.05) is 12.1 Å². The van der Waals surface area contributed by atoms with Gasteiger partial charge in [-0.2, -0.15) is 0 Å². The third-order valence-corrected chi connectivity index (χ3v) is 3.09. The minimum absolute atomic E-state index is 0.0225. The average Bonchev–Trinajstić information content (AvgIpc) is 2.75. The monoisotopic (exact) mass is 236 g/mol. The summed E-state index contributed by atoms with van der Waals surface area (Å²) in [6, 6.07) is 1.74. The summed E-state index contributed by atoms with van der Waals surface area (Å²) < 4.78 is 5.13. The van der Waals surface area contributed by atoms with E-state index in [0.29, 0.717) is 25.1 Å². The quantitative estimate of drug-likeness (QED) is 0.598. The molecule has 1 amide bonds. The predicted octanol–water partition coefficient (Wildman–Crippen LogP) is 1.90. The van der Waals surface area contributed by atoms with Crippen LogP contribution in [0.2, 0.25) is 0 Å². The first-order valence-electron chi connectivity index (χ1n) is 5.67. The molecule has 1 aliphatic rings. The van der Waals surface area contributed by atoms with Crippen molar-refractivity contribution in [2.24, 2.45) is 11.1 Å². The number of amides is 1. The standard InChI is InChI=1S/C12H16N2O3/c1-8-6-14(4-3-11(8)13-16)12(15)10-5-9(2)17-7-10/h5,7-8,16H,3-4,6H2,1-2H3. The first kappa shape index (κ1) is 11.7. The Kier molecular flexibility index (Phi) is 3.17. The minimum Gasteiger partial charge on any atom is -0.469 e. The van der Waals surface area contributed by atoms with Crippen LogP contribution < -0.4 is 0 Å². The molecule has 1 aromatic rings. The molecule has 1 atom stereocenters. The van der Waals surface area contributed by atoms with Gasteiger partial charge < -0.3 is 14.5 Å². The molecule has 1 fully saturated rings. The second-order valence-corrected chi connectivity index (χ2v) is 4.44. The van der Waals surface area contributed by atoms with Gasteiger partial charge in [0.15, 0.2) is 0 Å². The van der Waals surface area contributed by atoms with Gasteiger partial charge >= 0.3 is 0 Å². The van der Waals surface area contributed by atoms with E-state index >= 15 is 0 Å². The van der Waals surface area contributed by atoms with Crippen LogP contribution in [0.4, 0.5) is 0 Å². The number of rotatable bonds is 1. The fraction of sp³-hybridized carbons (Fsp3) is 0.500. The molecule has 0 bridgehead atoms. The van der Waals surface area contributed by atoms with Gasteiger partial charge in [0.1, 0.15) is 12.0 Å². The second kappa shape index (κ2) is 4.61. The van der Waals surface area contributed by atoms with Gasteiger partial charge in [0, 0.05) is 25.4 Å². The third kappa shape index (κ3) is 2.33. The SMILES string of the molecule is Cc1cc(C(=O)N2CCC(=NO)C(C)C2)co1. The van der Waals surface area contributed by atoms with E-state index in [2.05, 4.69) is 5.16 Å². The van der Waals surface area contributed by atoms with Gasteiger partial charge in [0.05, 0.1) is 11.3 Å². The Morgan fingerprint density at radius 2 is 2.41 bits per heavy atom. The fourth-order valence-corrected chi connectivity index (χ4v) is 2.09. The molecule has 1 aromatic heterocycles. The van der Waals surface area contributed by atoms with Crippen LogP contribution in [0.3, 0.4) is 0 Å². The summed E-state index contributed by atoms with van der Waals surface area (Å²) in [7, 11) is 0. The predicted molar refractivity (Wildman–Crippen MR) is 62.4 cm³/mol. The molecule has 2 heterocycles. The molecule has 5 heteroatoms. The number of nitrogens with zero attached hydrogens (tertiary/aromatic N) is 2. The Morgan fingerprint density at radius 1 is 1.65 bits per heavy atom. The molecule has 5 nitrogen and oxygen atoms in total. The molecule has 1 unspecified atom stereocenters. The van der Waals surface area contributed by atoms with Crippen LogP contribution in [0, 0.1) is 12.8 Å². The number of furan rings is 1. The minimum atomic E-state index is -0.0225. The highest BCUT2D eigenvalue weighted by Gasteiger charge is 2.27. The van der Waals surface area contributed by atoms with Crippen LogP contribution in [-0.2, 0) is 0 Å². The van der Waals surface area contributed by atoms with Crippen molar-refractivity contribution in [1.29, 1.82) is 0 Å². The number of hydrogen-bond donors (Lipinski definition) is 1. The summed E-state index contributed by atoms with van der Waals surface area (Å²) in [5.41, 5.74) is 1.34. The Labute approximate surface area is 99.7 Å². The maximum atomic E-state index is 12.1. The van der Waals surface area contributed by atoms with Crippen molar-refractivity contribution in [1.82, 2.24) is 4.90 Å². The lowest BCUT2D eigenvalue weighted by Crippen LogP contribution is -2.43. The van der Waals surface area contributed by atoms with Crippen molar-refractivity contribution < 1.29 is 14.4 Å². The maximum absolute atomic E-state index is 12.1. The maximum Gasteiger partial charge on any atom is 0.257 e. The summed E-state index contributed by atoms with van der Waals surface area (Å²) in [4.78, 5) is 13.9. The first-order chi connectivity index (χ1) is 8.11. The van der Waals surface area contributed by atoms with E-state index in [9.17, 15) is 4.79 Å². The number of piperidine rings is 1. The number of oxime groups is 1. The van der Waals surface area contributed by atoms with Crippen molar-refractivity contribution in [2.45, 2.75) is 20.3 Å². The van der Waals surface area contributed by atoms with Crippen LogP contribution in [0.5, 0.6) is 0 Å². The normalized spacial score (nSPS) is 23.1. The van der Waals surface area contributed by atoms with E-state index in [1.807, 2.05) is 13.8 Å². The van der Waals surface area contributed by atoms with Crippen LogP contribution in [-0.4, -0.2) is 34.8 Å². The highest BCUT2D eigenvalue weighted by atomic mass is 16.4. The third-order valence-electron chi connectivity index (χ3n) is 3.09. The summed E-state index contributed by atoms with van der Waals surface area (Å²) in [5.74, 6) is 0.812. The Bertz CT molecular complexity index is 450. The van der Waals surface area contributed by atoms with E-state index < -0.39 is 0 Å². The van der Waals surface area contributed by atoms with Crippen molar-refractivity contribution in [3.05, 3.63) is 23.7 Å². The van der Waals surface area contributed by atoms with Gasteiger partial charge in [-0.25, -0.2) is 0 Å². The average molecular weight is 236 g/mol. The zero-order chi connectivity index (χ0) is 12.4. The van der Waals surface area contributed by atoms with E-state index in [4.69, 9.17) is 9.62 Å². The lowest BCUT2D eigenvalue weighted by molar-refractivity contribution is 0.0733. The smallest absolute Gasteiger partial charge is 0.257 e.